The second-order valence-electron chi connectivity index (χ2n) is 7.84. The van der Waals surface area contributed by atoms with Crippen LogP contribution in [-0.2, 0) is 4.74 Å². The van der Waals surface area contributed by atoms with Crippen LogP contribution in [0.5, 0.6) is 5.88 Å². The van der Waals surface area contributed by atoms with Crippen LogP contribution in [0.1, 0.15) is 6.04 Å². The Bertz CT molecular complexity index is 1080. The van der Waals surface area contributed by atoms with Crippen LogP contribution in [-0.4, -0.2) is 57.6 Å². The van der Waals surface area contributed by atoms with Gasteiger partial charge in [-0.05, 0) is 17.9 Å². The van der Waals surface area contributed by atoms with Crippen molar-refractivity contribution in [1.82, 2.24) is 24.7 Å². The molecule has 5 heterocycles. The average Bonchev–Trinajstić information content (AvgIpc) is 3.03. The lowest BCUT2D eigenvalue weighted by Gasteiger charge is -2.26. The summed E-state index contributed by atoms with van der Waals surface area (Å²) in [6, 6.07) is 1.20. The minimum absolute atomic E-state index is 0.224. The Hall–Kier alpha value is -2.88. The Morgan fingerprint density at radius 2 is 1.97 bits per heavy atom. The molecule has 0 N–H and O–H groups in total. The van der Waals surface area contributed by atoms with Gasteiger partial charge in [0.1, 0.15) is 17.4 Å². The van der Waals surface area contributed by atoms with Crippen molar-refractivity contribution in [3.05, 3.63) is 36.3 Å². The molecule has 0 aromatic carbocycles. The van der Waals surface area contributed by atoms with Crippen molar-refractivity contribution in [2.75, 3.05) is 37.8 Å². The fourth-order valence-corrected chi connectivity index (χ4v) is 4.36. The van der Waals surface area contributed by atoms with E-state index < -0.39 is 11.6 Å². The lowest BCUT2D eigenvalue weighted by atomic mass is 10.2. The number of piperidine rings is 1. The van der Waals surface area contributed by atoms with E-state index in [4.69, 9.17) is 14.5 Å². The van der Waals surface area contributed by atoms with Gasteiger partial charge in [0, 0.05) is 25.2 Å². The first-order valence-corrected chi connectivity index (χ1v) is 9.65. The fraction of sp³-hybridized carbons (Fsp3) is 0.474. The maximum Gasteiger partial charge on any atom is 0.253 e. The lowest BCUT2D eigenvalue weighted by Crippen LogP contribution is -2.31. The van der Waals surface area contributed by atoms with E-state index in [1.165, 1.54) is 6.20 Å². The molecular weight excluding hydrogens is 382 g/mol. The summed E-state index contributed by atoms with van der Waals surface area (Å²) in [6.45, 7) is 3.34. The normalized spacial score (nSPS) is 25.9. The summed E-state index contributed by atoms with van der Waals surface area (Å²) < 4.78 is 39.5. The van der Waals surface area contributed by atoms with Crippen molar-refractivity contribution >= 4 is 17.0 Å². The number of hydrogen-bond acceptors (Lipinski definition) is 7. The molecule has 0 bridgehead atoms. The van der Waals surface area contributed by atoms with E-state index in [0.717, 1.165) is 36.1 Å². The van der Waals surface area contributed by atoms with E-state index in [0.29, 0.717) is 37.6 Å². The number of aromatic nitrogens is 5. The van der Waals surface area contributed by atoms with Crippen LogP contribution in [0.2, 0.25) is 0 Å². The monoisotopic (exact) mass is 400 g/mol. The maximum atomic E-state index is 13.7. The zero-order valence-electron chi connectivity index (χ0n) is 15.4. The molecule has 1 saturated carbocycles. The molecule has 2 aliphatic heterocycles. The van der Waals surface area contributed by atoms with E-state index in [-0.39, 0.29) is 11.9 Å². The molecule has 29 heavy (non-hydrogen) atoms. The molecule has 0 amide bonds. The van der Waals surface area contributed by atoms with Crippen LogP contribution in [0.4, 0.5) is 14.6 Å². The third-order valence-corrected chi connectivity index (χ3v) is 6.17. The van der Waals surface area contributed by atoms with Crippen molar-refractivity contribution in [2.45, 2.75) is 6.04 Å². The SMILES string of the molecule is Fc1ccnc(OCC2C3CN(c4cnc5cnn(C6COC6)c5n4)CC23)c1F. The van der Waals surface area contributed by atoms with Gasteiger partial charge in [-0.15, -0.1) is 0 Å². The van der Waals surface area contributed by atoms with E-state index in [1.807, 2.05) is 4.68 Å². The quantitative estimate of drug-likeness (QED) is 0.647. The second kappa shape index (κ2) is 6.31. The van der Waals surface area contributed by atoms with Gasteiger partial charge in [-0.25, -0.2) is 24.0 Å². The van der Waals surface area contributed by atoms with Gasteiger partial charge in [0.2, 0.25) is 5.82 Å². The first kappa shape index (κ1) is 17.0. The predicted molar refractivity (Wildman–Crippen MR) is 97.5 cm³/mol. The Balaban J connectivity index is 1.12. The van der Waals surface area contributed by atoms with Gasteiger partial charge in [0.05, 0.1) is 32.2 Å². The summed E-state index contributed by atoms with van der Waals surface area (Å²) in [4.78, 5) is 15.3. The van der Waals surface area contributed by atoms with Gasteiger partial charge < -0.3 is 14.4 Å². The van der Waals surface area contributed by atoms with Crippen LogP contribution in [0.15, 0.2) is 24.7 Å². The van der Waals surface area contributed by atoms with Gasteiger partial charge >= 0.3 is 0 Å². The summed E-state index contributed by atoms with van der Waals surface area (Å²) in [7, 11) is 0. The molecule has 10 heteroatoms. The molecule has 3 fully saturated rings. The molecule has 2 atom stereocenters. The third kappa shape index (κ3) is 2.73. The number of rotatable bonds is 5. The number of hydrogen-bond donors (Lipinski definition) is 0. The van der Waals surface area contributed by atoms with Gasteiger partial charge in [-0.3, -0.25) is 0 Å². The maximum absolute atomic E-state index is 13.7. The molecule has 150 valence electrons. The minimum atomic E-state index is -1.03. The van der Waals surface area contributed by atoms with Gasteiger partial charge in [-0.1, -0.05) is 0 Å². The highest BCUT2D eigenvalue weighted by molar-refractivity contribution is 5.71. The first-order chi connectivity index (χ1) is 14.2. The predicted octanol–water partition coefficient (Wildman–Crippen LogP) is 1.83. The zero-order valence-corrected chi connectivity index (χ0v) is 15.4. The highest BCUT2D eigenvalue weighted by Gasteiger charge is 2.56. The van der Waals surface area contributed by atoms with Crippen molar-refractivity contribution in [1.29, 1.82) is 0 Å². The number of halogens is 2. The molecular formula is C19H18F2N6O2. The number of nitrogens with zero attached hydrogens (tertiary/aromatic N) is 6. The summed E-state index contributed by atoms with van der Waals surface area (Å²) in [6.07, 6.45) is 4.73. The zero-order chi connectivity index (χ0) is 19.5. The molecule has 3 aliphatic rings. The molecule has 1 aliphatic carbocycles. The smallest absolute Gasteiger partial charge is 0.253 e. The average molecular weight is 400 g/mol. The molecule has 3 aromatic heterocycles. The van der Waals surface area contributed by atoms with Crippen LogP contribution in [0, 0.1) is 29.4 Å². The molecule has 8 nitrogen and oxygen atoms in total. The Morgan fingerprint density at radius 3 is 2.72 bits per heavy atom. The summed E-state index contributed by atoms with van der Waals surface area (Å²) in [5.74, 6) is -0.176. The Morgan fingerprint density at radius 1 is 1.14 bits per heavy atom. The van der Waals surface area contributed by atoms with E-state index in [1.54, 1.807) is 12.4 Å². The molecule has 6 rings (SSSR count). The molecule has 0 radical (unpaired) electrons. The summed E-state index contributed by atoms with van der Waals surface area (Å²) in [5.41, 5.74) is 1.56. The first-order valence-electron chi connectivity index (χ1n) is 9.65. The summed E-state index contributed by atoms with van der Waals surface area (Å²) in [5, 5.41) is 4.40. The highest BCUT2D eigenvalue weighted by atomic mass is 19.2. The van der Waals surface area contributed by atoms with Gasteiger partial charge in [0.25, 0.3) is 5.88 Å². The van der Waals surface area contributed by atoms with Crippen LogP contribution in [0.25, 0.3) is 11.2 Å². The number of fused-ring (bicyclic) bond motifs is 2. The number of pyridine rings is 1. The van der Waals surface area contributed by atoms with Crippen molar-refractivity contribution in [3.8, 4) is 5.88 Å². The van der Waals surface area contributed by atoms with Crippen molar-refractivity contribution < 1.29 is 18.3 Å². The standard InChI is InChI=1S/C19H18F2N6O2/c20-14-1-2-22-19(17(14)21)29-9-13-11-5-26(6-12(11)13)16-4-23-15-3-24-27(18(15)25-16)10-7-28-8-10/h1-4,10-13H,5-9H2. The molecule has 2 saturated heterocycles. The fourth-order valence-electron chi connectivity index (χ4n) is 4.36. The molecule has 3 aromatic rings. The van der Waals surface area contributed by atoms with Crippen LogP contribution in [0.3, 0.4) is 0 Å². The van der Waals surface area contributed by atoms with E-state index in [9.17, 15) is 8.78 Å². The topological polar surface area (TPSA) is 78.2 Å². The molecule has 2 unspecified atom stereocenters. The Labute approximate surface area is 164 Å². The molecule has 0 spiro atoms. The van der Waals surface area contributed by atoms with Crippen molar-refractivity contribution in [3.63, 3.8) is 0 Å². The van der Waals surface area contributed by atoms with Crippen molar-refractivity contribution in [2.24, 2.45) is 17.8 Å². The largest absolute Gasteiger partial charge is 0.475 e. The van der Waals surface area contributed by atoms with Crippen LogP contribution >= 0.6 is 0 Å². The Kier molecular flexibility index (Phi) is 3.70. The second-order valence-corrected chi connectivity index (χ2v) is 7.84. The number of anilines is 1. The van der Waals surface area contributed by atoms with E-state index in [2.05, 4.69) is 20.0 Å². The van der Waals surface area contributed by atoms with Gasteiger partial charge in [0.15, 0.2) is 11.5 Å². The third-order valence-electron chi connectivity index (χ3n) is 6.17. The van der Waals surface area contributed by atoms with E-state index >= 15 is 0 Å². The summed E-state index contributed by atoms with van der Waals surface area (Å²) >= 11 is 0. The minimum Gasteiger partial charge on any atom is -0.475 e. The van der Waals surface area contributed by atoms with Crippen LogP contribution < -0.4 is 9.64 Å². The lowest BCUT2D eigenvalue weighted by molar-refractivity contribution is -0.0269. The van der Waals surface area contributed by atoms with Gasteiger partial charge in [-0.2, -0.15) is 9.49 Å². The number of ether oxygens (including phenoxy) is 2. The highest BCUT2D eigenvalue weighted by Crippen LogP contribution is 2.52.